The van der Waals surface area contributed by atoms with E-state index in [0.717, 1.165) is 22.3 Å². The van der Waals surface area contributed by atoms with Crippen molar-refractivity contribution in [3.8, 4) is 11.1 Å². The summed E-state index contributed by atoms with van der Waals surface area (Å²) >= 11 is 0. The van der Waals surface area contributed by atoms with Crippen LogP contribution in [0.1, 0.15) is 29.9 Å². The molecule has 1 saturated carbocycles. The fourth-order valence-corrected chi connectivity index (χ4v) is 3.95. The van der Waals surface area contributed by atoms with Crippen LogP contribution in [0.2, 0.25) is 0 Å². The van der Waals surface area contributed by atoms with Gasteiger partial charge in [-0.05, 0) is 22.3 Å². The van der Waals surface area contributed by atoms with E-state index in [0.29, 0.717) is 0 Å². The van der Waals surface area contributed by atoms with Gasteiger partial charge in [0, 0.05) is 18.8 Å². The van der Waals surface area contributed by atoms with E-state index in [1.165, 1.54) is 0 Å². The molecule has 0 bridgehead atoms. The van der Waals surface area contributed by atoms with Gasteiger partial charge < -0.3 is 9.84 Å². The summed E-state index contributed by atoms with van der Waals surface area (Å²) in [4.78, 5) is 23.7. The number of carbonyl (C=O) groups is 2. The molecule has 0 amide bonds. The van der Waals surface area contributed by atoms with Crippen LogP contribution in [0.4, 0.5) is 8.78 Å². The minimum atomic E-state index is -3.13. The van der Waals surface area contributed by atoms with Crippen LogP contribution in [0, 0.1) is 5.41 Å². The van der Waals surface area contributed by atoms with Gasteiger partial charge in [0.1, 0.15) is 6.61 Å². The second-order valence-corrected chi connectivity index (χ2v) is 6.92. The molecule has 2 aliphatic rings. The normalized spacial score (nSPS) is 19.2. The minimum absolute atomic E-state index is 0.0759. The van der Waals surface area contributed by atoms with Gasteiger partial charge in [0.25, 0.3) is 5.92 Å². The minimum Gasteiger partial charge on any atom is -0.480 e. The summed E-state index contributed by atoms with van der Waals surface area (Å²) < 4.78 is 31.7. The Morgan fingerprint density at radius 2 is 1.50 bits per heavy atom. The van der Waals surface area contributed by atoms with Crippen LogP contribution in [0.3, 0.4) is 0 Å². The Morgan fingerprint density at radius 1 is 1.00 bits per heavy atom. The molecular formula is C20H16F2O4. The van der Waals surface area contributed by atoms with E-state index < -0.39 is 36.1 Å². The quantitative estimate of drug-likeness (QED) is 0.666. The molecule has 0 unspecified atom stereocenters. The molecule has 4 rings (SSSR count). The Kier molecular flexibility index (Phi) is 3.61. The first-order valence-electron chi connectivity index (χ1n) is 8.31. The molecule has 134 valence electrons. The molecule has 2 aliphatic carbocycles. The molecule has 26 heavy (non-hydrogen) atoms. The van der Waals surface area contributed by atoms with E-state index in [9.17, 15) is 23.5 Å². The number of carboxylic acid groups (broad SMARTS) is 1. The van der Waals surface area contributed by atoms with E-state index >= 15 is 0 Å². The van der Waals surface area contributed by atoms with Crippen LogP contribution in [0.5, 0.6) is 0 Å². The standard InChI is InChI=1S/C20H16F2O4/c21-20(22)10-19(11-20,17(23)24)18(25)26-9-16-14-7-3-1-5-12(14)13-6-2-4-8-15(13)16/h1-8,16H,9-11H2,(H,23,24). The summed E-state index contributed by atoms with van der Waals surface area (Å²) in [6.45, 7) is -0.0759. The topological polar surface area (TPSA) is 63.6 Å². The molecule has 0 heterocycles. The van der Waals surface area contributed by atoms with Crippen LogP contribution in [-0.2, 0) is 14.3 Å². The number of carboxylic acids is 1. The summed E-state index contributed by atoms with van der Waals surface area (Å²) in [5, 5.41) is 9.26. The van der Waals surface area contributed by atoms with Gasteiger partial charge >= 0.3 is 11.9 Å². The Morgan fingerprint density at radius 3 is 1.96 bits per heavy atom. The third kappa shape index (κ3) is 2.40. The molecule has 0 saturated heterocycles. The largest absolute Gasteiger partial charge is 0.480 e. The molecule has 0 atom stereocenters. The van der Waals surface area contributed by atoms with Crippen LogP contribution in [-0.4, -0.2) is 29.6 Å². The first kappa shape index (κ1) is 16.7. The predicted octanol–water partition coefficient (Wildman–Crippen LogP) is 3.84. The maximum absolute atomic E-state index is 13.2. The van der Waals surface area contributed by atoms with Gasteiger partial charge in [-0.3, -0.25) is 9.59 Å². The van der Waals surface area contributed by atoms with Crippen molar-refractivity contribution in [2.24, 2.45) is 5.41 Å². The zero-order valence-electron chi connectivity index (χ0n) is 13.7. The molecule has 0 spiro atoms. The average molecular weight is 358 g/mol. The first-order valence-corrected chi connectivity index (χ1v) is 8.31. The lowest BCUT2D eigenvalue weighted by Crippen LogP contribution is -2.56. The summed E-state index contributed by atoms with van der Waals surface area (Å²) in [6, 6.07) is 15.4. The molecule has 2 aromatic carbocycles. The lowest BCUT2D eigenvalue weighted by Gasteiger charge is -2.41. The van der Waals surface area contributed by atoms with Crippen molar-refractivity contribution < 1.29 is 28.2 Å². The molecule has 0 aromatic heterocycles. The molecule has 1 N–H and O–H groups in total. The van der Waals surface area contributed by atoms with Crippen molar-refractivity contribution in [3.63, 3.8) is 0 Å². The third-order valence-electron chi connectivity index (χ3n) is 5.26. The maximum Gasteiger partial charge on any atom is 0.323 e. The highest BCUT2D eigenvalue weighted by molar-refractivity contribution is 6.00. The molecular weight excluding hydrogens is 342 g/mol. The highest BCUT2D eigenvalue weighted by atomic mass is 19.3. The number of hydrogen-bond acceptors (Lipinski definition) is 3. The van der Waals surface area contributed by atoms with Crippen molar-refractivity contribution in [2.45, 2.75) is 24.7 Å². The van der Waals surface area contributed by atoms with E-state index in [1.54, 1.807) is 0 Å². The monoisotopic (exact) mass is 358 g/mol. The molecule has 1 fully saturated rings. The second kappa shape index (κ2) is 5.62. The van der Waals surface area contributed by atoms with Crippen molar-refractivity contribution in [1.82, 2.24) is 0 Å². The fraction of sp³-hybridized carbons (Fsp3) is 0.300. The van der Waals surface area contributed by atoms with Crippen molar-refractivity contribution >= 4 is 11.9 Å². The molecule has 4 nitrogen and oxygen atoms in total. The molecule has 2 aromatic rings. The van der Waals surface area contributed by atoms with Gasteiger partial charge in [-0.2, -0.15) is 0 Å². The molecule has 6 heteroatoms. The Labute approximate surface area is 148 Å². The number of rotatable bonds is 4. The van der Waals surface area contributed by atoms with Crippen molar-refractivity contribution in [1.29, 1.82) is 0 Å². The lowest BCUT2D eigenvalue weighted by molar-refractivity contribution is -0.209. The van der Waals surface area contributed by atoms with Gasteiger partial charge in [0.2, 0.25) is 0 Å². The van der Waals surface area contributed by atoms with Crippen LogP contribution in [0.15, 0.2) is 48.5 Å². The predicted molar refractivity (Wildman–Crippen MR) is 88.9 cm³/mol. The van der Waals surface area contributed by atoms with E-state index in [-0.39, 0.29) is 12.5 Å². The van der Waals surface area contributed by atoms with Gasteiger partial charge in [-0.15, -0.1) is 0 Å². The second-order valence-electron chi connectivity index (χ2n) is 6.92. The smallest absolute Gasteiger partial charge is 0.323 e. The Bertz CT molecular complexity index is 853. The highest BCUT2D eigenvalue weighted by Gasteiger charge is 2.67. The Hall–Kier alpha value is -2.76. The summed E-state index contributed by atoms with van der Waals surface area (Å²) in [5.41, 5.74) is 1.88. The SMILES string of the molecule is O=C(O)C1(C(=O)OCC2c3ccccc3-c3ccccc32)CC(F)(F)C1. The Balaban J connectivity index is 1.57. The van der Waals surface area contributed by atoms with Gasteiger partial charge in [0.05, 0.1) is 0 Å². The first-order chi connectivity index (χ1) is 12.3. The zero-order chi connectivity index (χ0) is 18.5. The van der Waals surface area contributed by atoms with E-state index in [1.807, 2.05) is 48.5 Å². The number of halogens is 2. The maximum atomic E-state index is 13.2. The third-order valence-corrected chi connectivity index (χ3v) is 5.26. The molecule has 0 aliphatic heterocycles. The summed E-state index contributed by atoms with van der Waals surface area (Å²) in [5.74, 6) is -6.01. The van der Waals surface area contributed by atoms with Crippen LogP contribution >= 0.6 is 0 Å². The van der Waals surface area contributed by atoms with Crippen LogP contribution < -0.4 is 0 Å². The van der Waals surface area contributed by atoms with Gasteiger partial charge in [0.15, 0.2) is 5.41 Å². The summed E-state index contributed by atoms with van der Waals surface area (Å²) in [7, 11) is 0. The van der Waals surface area contributed by atoms with Gasteiger partial charge in [-0.1, -0.05) is 48.5 Å². The number of esters is 1. The van der Waals surface area contributed by atoms with Gasteiger partial charge in [-0.25, -0.2) is 8.78 Å². The van der Waals surface area contributed by atoms with Crippen molar-refractivity contribution in [3.05, 3.63) is 59.7 Å². The fourth-order valence-electron chi connectivity index (χ4n) is 3.95. The zero-order valence-corrected chi connectivity index (χ0v) is 13.7. The van der Waals surface area contributed by atoms with Crippen LogP contribution in [0.25, 0.3) is 11.1 Å². The number of alkyl halides is 2. The number of carbonyl (C=O) groups excluding carboxylic acids is 1. The highest BCUT2D eigenvalue weighted by Crippen LogP contribution is 2.53. The van der Waals surface area contributed by atoms with Crippen molar-refractivity contribution in [2.75, 3.05) is 6.61 Å². The number of benzene rings is 2. The number of aliphatic carboxylic acids is 1. The van der Waals surface area contributed by atoms with E-state index in [2.05, 4.69) is 0 Å². The lowest BCUT2D eigenvalue weighted by atomic mass is 9.66. The summed E-state index contributed by atoms with van der Waals surface area (Å²) in [6.07, 6.45) is -2.02. The number of ether oxygens (including phenoxy) is 1. The van der Waals surface area contributed by atoms with E-state index in [4.69, 9.17) is 4.74 Å². The number of fused-ring (bicyclic) bond motifs is 3. The number of hydrogen-bond donors (Lipinski definition) is 1. The average Bonchev–Trinajstić information content (AvgIpc) is 2.91. The molecule has 0 radical (unpaired) electrons.